The van der Waals surface area contributed by atoms with Crippen molar-refractivity contribution >= 4 is 11.6 Å². The smallest absolute Gasteiger partial charge is 0.225 e. The number of benzene rings is 4. The topological polar surface area (TPSA) is 21.5 Å². The van der Waals surface area contributed by atoms with E-state index in [1.165, 1.54) is 5.56 Å². The molecule has 0 saturated heterocycles. The summed E-state index contributed by atoms with van der Waals surface area (Å²) in [7, 11) is 0. The molecule has 0 aliphatic carbocycles. The van der Waals surface area contributed by atoms with Crippen LogP contribution in [0.2, 0.25) is 0 Å². The van der Waals surface area contributed by atoms with E-state index in [9.17, 15) is 4.79 Å². The van der Waals surface area contributed by atoms with Gasteiger partial charge >= 0.3 is 5.91 Å². The number of amides is 1. The molecule has 0 radical (unpaired) electrons. The van der Waals surface area contributed by atoms with Crippen molar-refractivity contribution in [2.24, 2.45) is 0 Å². The zero-order valence-corrected chi connectivity index (χ0v) is 16.5. The largest absolute Gasteiger partial charge is 0.350 e. The quantitative estimate of drug-likeness (QED) is 0.510. The van der Waals surface area contributed by atoms with Crippen LogP contribution in [0.25, 0.3) is 0 Å². The maximum absolute atomic E-state index is 13.8. The first-order valence-electron chi connectivity index (χ1n) is 9.88. The summed E-state index contributed by atoms with van der Waals surface area (Å²) in [5.41, 5.74) is 5.11. The Balaban J connectivity index is 1.94. The highest BCUT2D eigenvalue weighted by molar-refractivity contribution is 5.88. The van der Waals surface area contributed by atoms with E-state index in [1.54, 1.807) is 0 Å². The van der Waals surface area contributed by atoms with E-state index in [4.69, 9.17) is 0 Å². The lowest BCUT2D eigenvalue weighted by Gasteiger charge is -2.28. The van der Waals surface area contributed by atoms with Gasteiger partial charge in [-0.2, -0.15) is 0 Å². The summed E-state index contributed by atoms with van der Waals surface area (Å²) in [5, 5.41) is 0. The molecule has 4 aromatic carbocycles. The zero-order valence-electron chi connectivity index (χ0n) is 16.5. The third kappa shape index (κ3) is 4.03. The Morgan fingerprint density at radius 3 is 1.79 bits per heavy atom. The van der Waals surface area contributed by atoms with E-state index in [0.717, 1.165) is 21.7 Å². The lowest BCUT2D eigenvalue weighted by molar-refractivity contribution is -0.772. The number of rotatable bonds is 5. The van der Waals surface area contributed by atoms with Crippen LogP contribution in [0, 0.1) is 6.92 Å². The maximum Gasteiger partial charge on any atom is 0.350 e. The molecule has 0 spiro atoms. The lowest BCUT2D eigenvalue weighted by Crippen LogP contribution is -3.10. The average molecular weight is 378 g/mol. The van der Waals surface area contributed by atoms with Crippen LogP contribution in [0.5, 0.6) is 0 Å². The van der Waals surface area contributed by atoms with Crippen molar-refractivity contribution in [3.05, 3.63) is 138 Å². The molecule has 0 fully saturated rings. The summed E-state index contributed by atoms with van der Waals surface area (Å²) < 4.78 is 0. The van der Waals surface area contributed by atoms with Crippen LogP contribution in [0.1, 0.15) is 33.1 Å². The number of hydrogen-bond acceptors (Lipinski definition) is 1. The molecule has 0 heterocycles. The SMILES string of the molecule is Cc1ccccc1C(c1ccccc1)[NH+](C(=O)c1ccccc1)c1ccccc1. The van der Waals surface area contributed by atoms with Crippen LogP contribution >= 0.6 is 0 Å². The molecule has 1 amide bonds. The van der Waals surface area contributed by atoms with Crippen LogP contribution in [0.15, 0.2) is 115 Å². The fourth-order valence-corrected chi connectivity index (χ4v) is 3.85. The van der Waals surface area contributed by atoms with Gasteiger partial charge in [-0.05, 0) is 36.8 Å². The van der Waals surface area contributed by atoms with Crippen LogP contribution in [0.4, 0.5) is 5.69 Å². The molecule has 4 rings (SSSR count). The van der Waals surface area contributed by atoms with Crippen LogP contribution in [0.3, 0.4) is 0 Å². The van der Waals surface area contributed by atoms with Gasteiger partial charge in [-0.15, -0.1) is 0 Å². The van der Waals surface area contributed by atoms with Gasteiger partial charge in [0, 0.05) is 11.1 Å². The molecule has 2 unspecified atom stereocenters. The Bertz CT molecular complexity index is 1080. The van der Waals surface area contributed by atoms with Gasteiger partial charge in [0.25, 0.3) is 0 Å². The molecule has 142 valence electrons. The predicted octanol–water partition coefficient (Wildman–Crippen LogP) is 5.14. The monoisotopic (exact) mass is 378 g/mol. The molecule has 2 nitrogen and oxygen atoms in total. The molecule has 2 heteroatoms. The molecule has 29 heavy (non-hydrogen) atoms. The summed E-state index contributed by atoms with van der Waals surface area (Å²) in [6.45, 7) is 2.11. The van der Waals surface area contributed by atoms with Gasteiger partial charge in [0.15, 0.2) is 6.04 Å². The van der Waals surface area contributed by atoms with Gasteiger partial charge < -0.3 is 0 Å². The van der Waals surface area contributed by atoms with E-state index >= 15 is 0 Å². The molecule has 2 atom stereocenters. The predicted molar refractivity (Wildman–Crippen MR) is 117 cm³/mol. The van der Waals surface area contributed by atoms with Crippen molar-refractivity contribution in [3.8, 4) is 0 Å². The maximum atomic E-state index is 13.8. The molecule has 4 aromatic rings. The first-order chi connectivity index (χ1) is 14.3. The molecular formula is C27H24NO+. The highest BCUT2D eigenvalue weighted by atomic mass is 16.2. The third-order valence-electron chi connectivity index (χ3n) is 5.29. The van der Waals surface area contributed by atoms with Gasteiger partial charge in [0.05, 0.1) is 5.56 Å². The molecule has 0 aromatic heterocycles. The van der Waals surface area contributed by atoms with Crippen molar-refractivity contribution in [3.63, 3.8) is 0 Å². The van der Waals surface area contributed by atoms with Crippen LogP contribution < -0.4 is 4.90 Å². The Hall–Kier alpha value is -3.49. The molecule has 0 aliphatic rings. The van der Waals surface area contributed by atoms with Gasteiger partial charge in [-0.3, -0.25) is 0 Å². The Kier molecular flexibility index (Phi) is 5.64. The minimum Gasteiger partial charge on any atom is -0.225 e. The highest BCUT2D eigenvalue weighted by Crippen LogP contribution is 2.24. The fraction of sp³-hybridized carbons (Fsp3) is 0.0741. The standard InChI is InChI=1S/C27H23NO/c1-21-13-11-12-20-25(21)26(22-14-5-2-6-15-22)28(24-18-9-4-10-19-24)27(29)23-16-7-3-8-17-23/h2-20,26H,1H3/p+1. The number of aryl methyl sites for hydroxylation is 1. The Morgan fingerprint density at radius 1 is 0.655 bits per heavy atom. The summed E-state index contributed by atoms with van der Waals surface area (Å²) in [6, 6.07) is 38.1. The average Bonchev–Trinajstić information content (AvgIpc) is 2.79. The number of hydrogen-bond donors (Lipinski definition) is 1. The second-order valence-electron chi connectivity index (χ2n) is 7.18. The van der Waals surface area contributed by atoms with E-state index in [1.807, 2.05) is 91.0 Å². The molecule has 1 N–H and O–H groups in total. The third-order valence-corrected chi connectivity index (χ3v) is 5.29. The van der Waals surface area contributed by atoms with Crippen LogP contribution in [-0.2, 0) is 0 Å². The molecular weight excluding hydrogens is 354 g/mol. The first-order valence-corrected chi connectivity index (χ1v) is 9.88. The number of quaternary nitrogens is 1. The van der Waals surface area contributed by atoms with Gasteiger partial charge in [0.2, 0.25) is 0 Å². The summed E-state index contributed by atoms with van der Waals surface area (Å²) >= 11 is 0. The van der Waals surface area contributed by atoms with E-state index < -0.39 is 0 Å². The van der Waals surface area contributed by atoms with Gasteiger partial charge in [-0.1, -0.05) is 91.0 Å². The summed E-state index contributed by atoms with van der Waals surface area (Å²) in [4.78, 5) is 14.6. The normalized spacial score (nSPS) is 12.9. The minimum absolute atomic E-state index is 0.0638. The van der Waals surface area contributed by atoms with Crippen molar-refractivity contribution in [1.29, 1.82) is 0 Å². The number of para-hydroxylation sites is 1. The lowest BCUT2D eigenvalue weighted by atomic mass is 9.92. The zero-order chi connectivity index (χ0) is 20.1. The Morgan fingerprint density at radius 2 is 1.17 bits per heavy atom. The minimum atomic E-state index is -0.146. The van der Waals surface area contributed by atoms with Crippen molar-refractivity contribution < 1.29 is 9.69 Å². The second kappa shape index (κ2) is 8.68. The van der Waals surface area contributed by atoms with Crippen molar-refractivity contribution in [1.82, 2.24) is 0 Å². The highest BCUT2D eigenvalue weighted by Gasteiger charge is 2.35. The number of carbonyl (C=O) groups is 1. The van der Waals surface area contributed by atoms with Crippen molar-refractivity contribution in [2.45, 2.75) is 13.0 Å². The second-order valence-corrected chi connectivity index (χ2v) is 7.18. The molecule has 0 aliphatic heterocycles. The number of nitrogens with one attached hydrogen (secondary N) is 1. The number of carbonyl (C=O) groups excluding carboxylic acids is 1. The van der Waals surface area contributed by atoms with E-state index in [2.05, 4.69) is 31.2 Å². The fourth-order valence-electron chi connectivity index (χ4n) is 3.85. The summed E-state index contributed by atoms with van der Waals surface area (Å²) in [6.07, 6.45) is 0. The summed E-state index contributed by atoms with van der Waals surface area (Å²) in [5.74, 6) is 0.0638. The van der Waals surface area contributed by atoms with E-state index in [0.29, 0.717) is 5.56 Å². The Labute approximate surface area is 172 Å². The van der Waals surface area contributed by atoms with Crippen molar-refractivity contribution in [2.75, 3.05) is 0 Å². The first kappa shape index (κ1) is 18.9. The van der Waals surface area contributed by atoms with E-state index in [-0.39, 0.29) is 11.9 Å². The molecule has 0 bridgehead atoms. The molecule has 0 saturated carbocycles. The van der Waals surface area contributed by atoms with Crippen LogP contribution in [-0.4, -0.2) is 5.91 Å². The van der Waals surface area contributed by atoms with Gasteiger partial charge in [0.1, 0.15) is 5.69 Å². The van der Waals surface area contributed by atoms with Gasteiger partial charge in [-0.25, -0.2) is 9.69 Å².